The molecule has 1 heterocycles. The van der Waals surface area contributed by atoms with E-state index in [2.05, 4.69) is 71.4 Å². The van der Waals surface area contributed by atoms with Crippen molar-refractivity contribution in [2.45, 2.75) is 38.5 Å². The lowest BCUT2D eigenvalue weighted by atomic mass is 9.86. The first-order valence-corrected chi connectivity index (χ1v) is 12.3. The van der Waals surface area contributed by atoms with Crippen molar-refractivity contribution in [3.8, 4) is 16.9 Å². The van der Waals surface area contributed by atoms with Crippen molar-refractivity contribution in [1.29, 1.82) is 0 Å². The molecule has 1 amide bonds. The molecule has 0 bridgehead atoms. The third-order valence-corrected chi connectivity index (χ3v) is 8.07. The molecule has 0 saturated heterocycles. The third kappa shape index (κ3) is 3.63. The molecule has 0 aromatic heterocycles. The Labute approximate surface area is 203 Å². The highest BCUT2D eigenvalue weighted by atomic mass is 79.9. The van der Waals surface area contributed by atoms with Crippen LogP contribution in [-0.2, 0) is 4.74 Å². The predicted octanol–water partition coefficient (Wildman–Crippen LogP) is 7.42. The lowest BCUT2D eigenvalue weighted by Gasteiger charge is -2.36. The van der Waals surface area contributed by atoms with E-state index in [1.165, 1.54) is 22.3 Å². The van der Waals surface area contributed by atoms with Gasteiger partial charge in [-0.15, -0.1) is 0 Å². The van der Waals surface area contributed by atoms with E-state index >= 15 is 0 Å². The fourth-order valence-electron chi connectivity index (χ4n) is 5.39. The second-order valence-corrected chi connectivity index (χ2v) is 9.61. The van der Waals surface area contributed by atoms with Crippen molar-refractivity contribution in [3.63, 3.8) is 0 Å². The molecule has 3 aromatic rings. The summed E-state index contributed by atoms with van der Waals surface area (Å²) in [6, 6.07) is 18.9. The number of hydrogen-bond donors (Lipinski definition) is 0. The zero-order valence-electron chi connectivity index (χ0n) is 19.2. The second kappa shape index (κ2) is 8.86. The molecule has 5 rings (SSSR count). The van der Waals surface area contributed by atoms with E-state index in [1.807, 2.05) is 13.0 Å². The number of methoxy groups -OCH3 is 1. The van der Waals surface area contributed by atoms with Crippen LogP contribution in [0.15, 0.2) is 59.1 Å². The normalized spacial score (nSPS) is 16.7. The average Bonchev–Trinajstić information content (AvgIpc) is 3.17. The summed E-state index contributed by atoms with van der Waals surface area (Å²) in [5.74, 6) is 1.24. The summed E-state index contributed by atoms with van der Waals surface area (Å²) in [5, 5.41) is 0. The van der Waals surface area contributed by atoms with Gasteiger partial charge in [0.05, 0.1) is 12.8 Å². The van der Waals surface area contributed by atoms with E-state index in [4.69, 9.17) is 9.47 Å². The number of carbonyl (C=O) groups excluding carboxylic acids is 1. The first kappa shape index (κ1) is 22.0. The SMILES string of the molecule is CC[C@@H]1CCN(C(=O)OCC2c3ccccc3-c3ccccc32)c2c(Br)c(C)cc(OC)c21. The number of halogens is 1. The minimum Gasteiger partial charge on any atom is -0.496 e. The summed E-state index contributed by atoms with van der Waals surface area (Å²) in [7, 11) is 1.70. The summed E-state index contributed by atoms with van der Waals surface area (Å²) in [4.78, 5) is 15.2. The number of amides is 1. The molecule has 0 saturated carbocycles. The van der Waals surface area contributed by atoms with Crippen LogP contribution in [0, 0.1) is 6.92 Å². The van der Waals surface area contributed by atoms with Gasteiger partial charge in [-0.1, -0.05) is 55.5 Å². The molecule has 0 radical (unpaired) electrons. The van der Waals surface area contributed by atoms with Crippen LogP contribution in [0.1, 0.15) is 53.9 Å². The van der Waals surface area contributed by atoms with Crippen LogP contribution in [0.4, 0.5) is 10.5 Å². The third-order valence-electron chi connectivity index (χ3n) is 7.07. The molecule has 1 atom stereocenters. The van der Waals surface area contributed by atoms with Crippen molar-refractivity contribution in [3.05, 3.63) is 81.3 Å². The van der Waals surface area contributed by atoms with E-state index in [0.29, 0.717) is 19.1 Å². The monoisotopic (exact) mass is 505 g/mol. The van der Waals surface area contributed by atoms with E-state index < -0.39 is 0 Å². The summed E-state index contributed by atoms with van der Waals surface area (Å²) in [6.45, 7) is 5.16. The van der Waals surface area contributed by atoms with Crippen LogP contribution < -0.4 is 9.64 Å². The fraction of sp³-hybridized carbons (Fsp3) is 0.321. The number of anilines is 1. The summed E-state index contributed by atoms with van der Waals surface area (Å²) in [6.07, 6.45) is 1.58. The van der Waals surface area contributed by atoms with Crippen LogP contribution in [0.2, 0.25) is 0 Å². The molecular weight excluding hydrogens is 478 g/mol. The van der Waals surface area contributed by atoms with Gasteiger partial charge in [0, 0.05) is 22.5 Å². The lowest BCUT2D eigenvalue weighted by Crippen LogP contribution is -2.38. The molecule has 3 aromatic carbocycles. The Bertz CT molecular complexity index is 1180. The standard InChI is InChI=1S/C28H28BrNO3/c1-4-18-13-14-30(27-25(18)24(32-3)15-17(2)26(27)29)28(31)33-16-23-21-11-7-5-9-19(21)20-10-6-8-12-22(20)23/h5-12,15,18,23H,4,13-14,16H2,1-3H3/t18-/m1/s1. The summed E-state index contributed by atoms with van der Waals surface area (Å²) >= 11 is 3.75. The van der Waals surface area contributed by atoms with Gasteiger partial charge in [-0.25, -0.2) is 4.79 Å². The molecule has 0 fully saturated rings. The van der Waals surface area contributed by atoms with Crippen molar-refractivity contribution in [2.24, 2.45) is 0 Å². The van der Waals surface area contributed by atoms with Gasteiger partial charge in [0.25, 0.3) is 0 Å². The Hall–Kier alpha value is -2.79. The van der Waals surface area contributed by atoms with Gasteiger partial charge in [-0.3, -0.25) is 4.90 Å². The number of ether oxygens (including phenoxy) is 2. The van der Waals surface area contributed by atoms with Gasteiger partial charge in [0.2, 0.25) is 0 Å². The Morgan fingerprint density at radius 1 is 1.09 bits per heavy atom. The highest BCUT2D eigenvalue weighted by Crippen LogP contribution is 2.49. The summed E-state index contributed by atoms with van der Waals surface area (Å²) < 4.78 is 12.7. The minimum absolute atomic E-state index is 0.0458. The van der Waals surface area contributed by atoms with Gasteiger partial charge >= 0.3 is 6.09 Å². The molecular formula is C28H28BrNO3. The van der Waals surface area contributed by atoms with Gasteiger partial charge in [0.1, 0.15) is 12.4 Å². The van der Waals surface area contributed by atoms with Gasteiger partial charge in [-0.05, 0) is 75.5 Å². The molecule has 0 unspecified atom stereocenters. The van der Waals surface area contributed by atoms with Crippen LogP contribution in [0.5, 0.6) is 5.75 Å². The smallest absolute Gasteiger partial charge is 0.414 e. The maximum absolute atomic E-state index is 13.4. The number of carbonyl (C=O) groups is 1. The van der Waals surface area contributed by atoms with Gasteiger partial charge < -0.3 is 9.47 Å². The fourth-order valence-corrected chi connectivity index (χ4v) is 5.93. The number of hydrogen-bond acceptors (Lipinski definition) is 3. The number of rotatable bonds is 4. The molecule has 5 heteroatoms. The maximum atomic E-state index is 13.4. The molecule has 1 aliphatic carbocycles. The van der Waals surface area contributed by atoms with Crippen molar-refractivity contribution in [2.75, 3.05) is 25.2 Å². The van der Waals surface area contributed by atoms with Crippen molar-refractivity contribution >= 4 is 27.7 Å². The van der Waals surface area contributed by atoms with E-state index in [1.54, 1.807) is 12.0 Å². The first-order valence-electron chi connectivity index (χ1n) is 11.5. The van der Waals surface area contributed by atoms with Gasteiger partial charge in [0.15, 0.2) is 0 Å². The molecule has 33 heavy (non-hydrogen) atoms. The average molecular weight is 506 g/mol. The maximum Gasteiger partial charge on any atom is 0.414 e. The molecule has 170 valence electrons. The van der Waals surface area contributed by atoms with Gasteiger partial charge in [-0.2, -0.15) is 0 Å². The molecule has 4 nitrogen and oxygen atoms in total. The quantitative estimate of drug-likeness (QED) is 0.370. The topological polar surface area (TPSA) is 38.8 Å². The Balaban J connectivity index is 1.45. The largest absolute Gasteiger partial charge is 0.496 e. The van der Waals surface area contributed by atoms with Crippen LogP contribution in [0.3, 0.4) is 0 Å². The lowest BCUT2D eigenvalue weighted by molar-refractivity contribution is 0.149. The molecule has 2 aliphatic rings. The number of nitrogens with zero attached hydrogens (tertiary/aromatic N) is 1. The Kier molecular flexibility index (Phi) is 5.92. The predicted molar refractivity (Wildman–Crippen MR) is 135 cm³/mol. The Morgan fingerprint density at radius 2 is 1.73 bits per heavy atom. The summed E-state index contributed by atoms with van der Waals surface area (Å²) in [5.41, 5.74) is 7.92. The Morgan fingerprint density at radius 3 is 2.33 bits per heavy atom. The number of fused-ring (bicyclic) bond motifs is 4. The van der Waals surface area contributed by atoms with E-state index in [-0.39, 0.29) is 12.0 Å². The highest BCUT2D eigenvalue weighted by Gasteiger charge is 2.35. The molecule has 0 spiro atoms. The van der Waals surface area contributed by atoms with E-state index in [9.17, 15) is 4.79 Å². The van der Waals surface area contributed by atoms with Crippen LogP contribution in [0.25, 0.3) is 11.1 Å². The zero-order chi connectivity index (χ0) is 23.1. The second-order valence-electron chi connectivity index (χ2n) is 8.82. The zero-order valence-corrected chi connectivity index (χ0v) is 20.8. The van der Waals surface area contributed by atoms with Crippen LogP contribution >= 0.6 is 15.9 Å². The highest BCUT2D eigenvalue weighted by molar-refractivity contribution is 9.10. The van der Waals surface area contributed by atoms with E-state index in [0.717, 1.165) is 39.9 Å². The minimum atomic E-state index is -0.305. The van der Waals surface area contributed by atoms with Crippen molar-refractivity contribution in [1.82, 2.24) is 0 Å². The number of benzene rings is 3. The molecule has 0 N–H and O–H groups in total. The first-order chi connectivity index (χ1) is 16.0. The van der Waals surface area contributed by atoms with Crippen molar-refractivity contribution < 1.29 is 14.3 Å². The van der Waals surface area contributed by atoms with Crippen LogP contribution in [-0.4, -0.2) is 26.4 Å². The number of aryl methyl sites for hydroxylation is 1. The molecule has 1 aliphatic heterocycles.